The van der Waals surface area contributed by atoms with E-state index in [2.05, 4.69) is 71.1 Å². The molecule has 2 rings (SSSR count). The normalized spacial score (nSPS) is 12.1. The Balaban J connectivity index is 2.16. The first-order valence-electron chi connectivity index (χ1n) is 9.69. The Kier molecular flexibility index (Phi) is 6.94. The first kappa shape index (κ1) is 21.3. The lowest BCUT2D eigenvalue weighted by Crippen LogP contribution is -2.41. The van der Waals surface area contributed by atoms with E-state index in [0.29, 0.717) is 6.61 Å². The smallest absolute Gasteiger partial charge is 0.166 e. The van der Waals surface area contributed by atoms with Gasteiger partial charge in [0.2, 0.25) is 0 Å². The number of para-hydroxylation sites is 1. The van der Waals surface area contributed by atoms with Gasteiger partial charge in [0.25, 0.3) is 0 Å². The van der Waals surface area contributed by atoms with Crippen molar-refractivity contribution >= 4 is 0 Å². The predicted molar refractivity (Wildman–Crippen MR) is 113 cm³/mol. The molecule has 3 heteroatoms. The Hall–Kier alpha value is -2.00. The van der Waals surface area contributed by atoms with Crippen LogP contribution in [-0.4, -0.2) is 12.6 Å². The molecule has 0 atom stereocenters. The van der Waals surface area contributed by atoms with Crippen LogP contribution in [0.4, 0.5) is 0 Å². The molecule has 2 aromatic rings. The van der Waals surface area contributed by atoms with E-state index in [0.717, 1.165) is 30.0 Å². The van der Waals surface area contributed by atoms with Crippen LogP contribution < -0.4 is 14.8 Å². The molecule has 2 aromatic carbocycles. The topological polar surface area (TPSA) is 30.5 Å². The van der Waals surface area contributed by atoms with Gasteiger partial charge in [0, 0.05) is 17.6 Å². The van der Waals surface area contributed by atoms with Crippen LogP contribution in [-0.2, 0) is 13.2 Å². The van der Waals surface area contributed by atoms with Gasteiger partial charge in [0.05, 0.1) is 7.11 Å². The molecule has 0 fully saturated rings. The Morgan fingerprint density at radius 2 is 1.56 bits per heavy atom. The summed E-state index contributed by atoms with van der Waals surface area (Å²) in [5, 5.41) is 3.70. The molecule has 0 saturated carbocycles. The highest BCUT2D eigenvalue weighted by molar-refractivity contribution is 5.47. The second kappa shape index (κ2) is 8.79. The van der Waals surface area contributed by atoms with E-state index < -0.39 is 0 Å². The molecule has 0 amide bonds. The van der Waals surface area contributed by atoms with Crippen molar-refractivity contribution in [3.63, 3.8) is 0 Å². The van der Waals surface area contributed by atoms with Crippen molar-refractivity contribution in [3.05, 3.63) is 59.2 Å². The van der Waals surface area contributed by atoms with E-state index >= 15 is 0 Å². The highest BCUT2D eigenvalue weighted by Crippen LogP contribution is 2.33. The van der Waals surface area contributed by atoms with E-state index in [1.807, 2.05) is 18.2 Å². The van der Waals surface area contributed by atoms with Crippen LogP contribution in [0, 0.1) is 12.3 Å². The van der Waals surface area contributed by atoms with Gasteiger partial charge in [-0.15, -0.1) is 0 Å². The second-order valence-electron chi connectivity index (χ2n) is 9.14. The molecule has 0 heterocycles. The summed E-state index contributed by atoms with van der Waals surface area (Å²) in [6.45, 7) is 14.7. The van der Waals surface area contributed by atoms with Crippen molar-refractivity contribution in [2.24, 2.45) is 5.41 Å². The van der Waals surface area contributed by atoms with Crippen LogP contribution in [0.1, 0.15) is 57.7 Å². The summed E-state index contributed by atoms with van der Waals surface area (Å²) in [7, 11) is 1.69. The fourth-order valence-electron chi connectivity index (χ4n) is 3.67. The zero-order chi connectivity index (χ0) is 20.1. The highest BCUT2D eigenvalue weighted by Gasteiger charge is 2.25. The van der Waals surface area contributed by atoms with Crippen LogP contribution >= 0.6 is 0 Å². The molecule has 0 aliphatic rings. The molecule has 0 bridgehead atoms. The number of nitrogens with one attached hydrogen (secondary N) is 1. The van der Waals surface area contributed by atoms with Gasteiger partial charge in [-0.25, -0.2) is 0 Å². The number of hydrogen-bond acceptors (Lipinski definition) is 3. The monoisotopic (exact) mass is 369 g/mol. The molecule has 0 unspecified atom stereocenters. The van der Waals surface area contributed by atoms with Gasteiger partial charge >= 0.3 is 0 Å². The quantitative estimate of drug-likeness (QED) is 0.629. The lowest BCUT2D eigenvalue weighted by molar-refractivity contribution is 0.237. The maximum absolute atomic E-state index is 6.23. The zero-order valence-corrected chi connectivity index (χ0v) is 18.0. The maximum atomic E-state index is 6.23. The van der Waals surface area contributed by atoms with Crippen LogP contribution in [0.3, 0.4) is 0 Å². The largest absolute Gasteiger partial charge is 0.493 e. The van der Waals surface area contributed by atoms with Crippen molar-refractivity contribution in [1.29, 1.82) is 0 Å². The maximum Gasteiger partial charge on any atom is 0.166 e. The fraction of sp³-hybridized carbons (Fsp3) is 0.500. The minimum absolute atomic E-state index is 0.0363. The summed E-state index contributed by atoms with van der Waals surface area (Å²) in [5.74, 6) is 1.60. The summed E-state index contributed by atoms with van der Waals surface area (Å²) >= 11 is 0. The van der Waals surface area contributed by atoms with Gasteiger partial charge in [-0.1, -0.05) is 57.2 Å². The minimum Gasteiger partial charge on any atom is -0.493 e. The Labute approximate surface area is 165 Å². The number of hydrogen-bond donors (Lipinski definition) is 1. The van der Waals surface area contributed by atoms with Crippen molar-refractivity contribution in [3.8, 4) is 11.5 Å². The molecular weight excluding hydrogens is 334 g/mol. The van der Waals surface area contributed by atoms with Crippen molar-refractivity contribution < 1.29 is 9.47 Å². The van der Waals surface area contributed by atoms with E-state index in [1.165, 1.54) is 11.1 Å². The van der Waals surface area contributed by atoms with Gasteiger partial charge in [-0.3, -0.25) is 0 Å². The molecule has 27 heavy (non-hydrogen) atoms. The average molecular weight is 370 g/mol. The van der Waals surface area contributed by atoms with Crippen LogP contribution in [0.15, 0.2) is 42.5 Å². The number of rotatable bonds is 8. The van der Waals surface area contributed by atoms with Gasteiger partial charge in [0.1, 0.15) is 6.61 Å². The number of ether oxygens (including phenoxy) is 2. The van der Waals surface area contributed by atoms with Gasteiger partial charge in [-0.2, -0.15) is 0 Å². The number of aryl methyl sites for hydroxylation is 1. The van der Waals surface area contributed by atoms with Crippen LogP contribution in [0.25, 0.3) is 0 Å². The first-order chi connectivity index (χ1) is 12.6. The molecule has 0 aliphatic heterocycles. The summed E-state index contributed by atoms with van der Waals surface area (Å²) in [6, 6.07) is 14.4. The highest BCUT2D eigenvalue weighted by atomic mass is 16.5. The lowest BCUT2D eigenvalue weighted by atomic mass is 9.82. The fourth-order valence-corrected chi connectivity index (χ4v) is 3.67. The number of benzene rings is 2. The molecule has 1 N–H and O–H groups in total. The minimum atomic E-state index is 0.0363. The van der Waals surface area contributed by atoms with E-state index in [1.54, 1.807) is 7.11 Å². The average Bonchev–Trinajstić information content (AvgIpc) is 2.57. The predicted octanol–water partition coefficient (Wildman–Crippen LogP) is 5.89. The standard InChI is InChI=1S/C24H35NO2/c1-18-11-8-9-12-20(18)16-27-22-19(13-10-14-21(22)26-7)15-25-24(5,6)17-23(2,3)4/h8-14,25H,15-17H2,1-7H3. The third-order valence-electron chi connectivity index (χ3n) is 4.64. The zero-order valence-electron chi connectivity index (χ0n) is 18.0. The summed E-state index contributed by atoms with van der Waals surface area (Å²) in [4.78, 5) is 0. The van der Waals surface area contributed by atoms with Gasteiger partial charge < -0.3 is 14.8 Å². The summed E-state index contributed by atoms with van der Waals surface area (Å²) in [6.07, 6.45) is 1.09. The van der Waals surface area contributed by atoms with Crippen LogP contribution in [0.2, 0.25) is 0 Å². The molecular formula is C24H35NO2. The summed E-state index contributed by atoms with van der Waals surface area (Å²) in [5.41, 5.74) is 3.85. The molecule has 0 radical (unpaired) electrons. The van der Waals surface area contributed by atoms with Crippen molar-refractivity contribution in [2.75, 3.05) is 7.11 Å². The van der Waals surface area contributed by atoms with Crippen molar-refractivity contribution in [1.82, 2.24) is 5.32 Å². The summed E-state index contributed by atoms with van der Waals surface area (Å²) < 4.78 is 11.8. The molecule has 3 nitrogen and oxygen atoms in total. The molecule has 0 saturated heterocycles. The van der Waals surface area contributed by atoms with E-state index in [9.17, 15) is 0 Å². The Morgan fingerprint density at radius 3 is 2.19 bits per heavy atom. The van der Waals surface area contributed by atoms with E-state index in [-0.39, 0.29) is 11.0 Å². The van der Waals surface area contributed by atoms with Gasteiger partial charge in [0.15, 0.2) is 11.5 Å². The lowest BCUT2D eigenvalue weighted by Gasteiger charge is -2.33. The van der Waals surface area contributed by atoms with E-state index in [4.69, 9.17) is 9.47 Å². The Bertz CT molecular complexity index is 744. The van der Waals surface area contributed by atoms with Crippen LogP contribution in [0.5, 0.6) is 11.5 Å². The molecule has 0 aliphatic carbocycles. The van der Waals surface area contributed by atoms with Crippen molar-refractivity contribution in [2.45, 2.75) is 66.7 Å². The van der Waals surface area contributed by atoms with Gasteiger partial charge in [-0.05, 0) is 49.8 Å². The number of methoxy groups -OCH3 is 1. The molecule has 0 aromatic heterocycles. The third-order valence-corrected chi connectivity index (χ3v) is 4.64. The second-order valence-corrected chi connectivity index (χ2v) is 9.14. The third kappa shape index (κ3) is 6.59. The SMILES string of the molecule is COc1cccc(CNC(C)(C)CC(C)(C)C)c1OCc1ccccc1C. The first-order valence-corrected chi connectivity index (χ1v) is 9.69. The molecule has 0 spiro atoms. The molecule has 148 valence electrons. The Morgan fingerprint density at radius 1 is 0.889 bits per heavy atom.